The number of hydrogen-bond donors (Lipinski definition) is 1. The van der Waals surface area contributed by atoms with Gasteiger partial charge in [-0.1, -0.05) is 6.92 Å². The van der Waals surface area contributed by atoms with Crippen molar-refractivity contribution in [2.75, 3.05) is 13.2 Å². The van der Waals surface area contributed by atoms with E-state index in [1.807, 2.05) is 0 Å². The first-order valence-corrected chi connectivity index (χ1v) is 5.18. The lowest BCUT2D eigenvalue weighted by atomic mass is 9.82. The average molecular weight is 199 g/mol. The largest absolute Gasteiger partial charge is 0.441 e. The lowest BCUT2D eigenvalue weighted by Crippen LogP contribution is -2.49. The Morgan fingerprint density at radius 3 is 2.93 bits per heavy atom. The number of hydrogen-bond acceptors (Lipinski definition) is 3. The fourth-order valence-corrected chi connectivity index (χ4v) is 2.27. The van der Waals surface area contributed by atoms with Crippen molar-refractivity contribution in [3.8, 4) is 0 Å². The highest BCUT2D eigenvalue weighted by atomic mass is 16.6. The second kappa shape index (κ2) is 3.12. The van der Waals surface area contributed by atoms with Crippen LogP contribution in [0.15, 0.2) is 0 Å². The summed E-state index contributed by atoms with van der Waals surface area (Å²) in [6.45, 7) is 5.49. The van der Waals surface area contributed by atoms with E-state index in [1.165, 1.54) is 0 Å². The maximum atomic E-state index is 11.0. The summed E-state index contributed by atoms with van der Waals surface area (Å²) in [5.74, 6) is 0. The molecule has 0 aromatic heterocycles. The van der Waals surface area contributed by atoms with Crippen LogP contribution in [0, 0.1) is 0 Å². The van der Waals surface area contributed by atoms with E-state index in [0.29, 0.717) is 13.2 Å². The number of rotatable bonds is 1. The summed E-state index contributed by atoms with van der Waals surface area (Å²) < 4.78 is 11.1. The summed E-state index contributed by atoms with van der Waals surface area (Å²) in [7, 11) is 0. The highest BCUT2D eigenvalue weighted by Gasteiger charge is 2.48. The molecule has 1 amide bonds. The molecule has 0 aromatic rings. The summed E-state index contributed by atoms with van der Waals surface area (Å²) in [6.07, 6.45) is 2.27. The van der Waals surface area contributed by atoms with Crippen LogP contribution in [0.3, 0.4) is 0 Å². The molecular weight excluding hydrogens is 182 g/mol. The molecule has 2 atom stereocenters. The van der Waals surface area contributed by atoms with Crippen LogP contribution in [0.4, 0.5) is 4.79 Å². The number of carbonyl (C=O) groups excluding carboxylic acids is 1. The number of amides is 1. The van der Waals surface area contributed by atoms with Crippen molar-refractivity contribution in [1.82, 2.24) is 5.32 Å². The Hall–Kier alpha value is -0.770. The van der Waals surface area contributed by atoms with E-state index in [9.17, 15) is 4.79 Å². The molecule has 0 radical (unpaired) electrons. The first-order chi connectivity index (χ1) is 6.58. The van der Waals surface area contributed by atoms with Crippen LogP contribution < -0.4 is 5.32 Å². The highest BCUT2D eigenvalue weighted by Crippen LogP contribution is 2.38. The van der Waals surface area contributed by atoms with Gasteiger partial charge in [0.05, 0.1) is 18.8 Å². The Balaban J connectivity index is 2.10. The Bertz CT molecular complexity index is 256. The van der Waals surface area contributed by atoms with Gasteiger partial charge >= 0.3 is 6.09 Å². The molecule has 2 rings (SSSR count). The molecule has 1 N–H and O–H groups in total. The maximum Gasteiger partial charge on any atom is 0.407 e. The molecule has 80 valence electrons. The topological polar surface area (TPSA) is 47.6 Å². The van der Waals surface area contributed by atoms with Gasteiger partial charge < -0.3 is 14.8 Å². The maximum absolute atomic E-state index is 11.0. The van der Waals surface area contributed by atoms with Crippen LogP contribution in [0.1, 0.15) is 33.1 Å². The van der Waals surface area contributed by atoms with Crippen molar-refractivity contribution in [3.05, 3.63) is 0 Å². The molecule has 2 unspecified atom stereocenters. The summed E-state index contributed by atoms with van der Waals surface area (Å²) in [5.41, 5.74) is -0.440. The third-order valence-electron chi connectivity index (χ3n) is 3.32. The lowest BCUT2D eigenvalue weighted by Gasteiger charge is -2.42. The molecule has 2 aliphatic heterocycles. The summed E-state index contributed by atoms with van der Waals surface area (Å²) in [5, 5.41) is 2.73. The monoisotopic (exact) mass is 199 g/mol. The van der Waals surface area contributed by atoms with E-state index in [-0.39, 0.29) is 17.3 Å². The molecule has 1 spiro atoms. The molecule has 4 nitrogen and oxygen atoms in total. The minimum atomic E-state index is -0.305. The van der Waals surface area contributed by atoms with Gasteiger partial charge in [0.25, 0.3) is 0 Å². The number of ether oxygens (including phenoxy) is 2. The van der Waals surface area contributed by atoms with Gasteiger partial charge in [0.1, 0.15) is 5.60 Å². The van der Waals surface area contributed by atoms with Gasteiger partial charge in [-0.3, -0.25) is 0 Å². The molecule has 2 aliphatic rings. The predicted molar refractivity (Wildman–Crippen MR) is 51.1 cm³/mol. The molecule has 2 saturated heterocycles. The molecule has 2 fully saturated rings. The van der Waals surface area contributed by atoms with Crippen molar-refractivity contribution in [1.29, 1.82) is 0 Å². The zero-order valence-electron chi connectivity index (χ0n) is 8.76. The van der Waals surface area contributed by atoms with Crippen molar-refractivity contribution < 1.29 is 14.3 Å². The number of carbonyl (C=O) groups is 1. The first-order valence-electron chi connectivity index (χ1n) is 5.18. The molecular formula is C10H17NO3. The number of alkyl carbamates (subject to hydrolysis) is 1. The van der Waals surface area contributed by atoms with Crippen LogP contribution >= 0.6 is 0 Å². The van der Waals surface area contributed by atoms with Crippen molar-refractivity contribution >= 4 is 6.09 Å². The Labute approximate surface area is 84.0 Å². The Morgan fingerprint density at radius 1 is 1.57 bits per heavy atom. The normalized spacial score (nSPS) is 42.3. The zero-order valence-corrected chi connectivity index (χ0v) is 8.76. The quantitative estimate of drug-likeness (QED) is 0.695. The van der Waals surface area contributed by atoms with Crippen LogP contribution in [0.5, 0.6) is 0 Å². The smallest absolute Gasteiger partial charge is 0.407 e. The van der Waals surface area contributed by atoms with Crippen molar-refractivity contribution in [3.63, 3.8) is 0 Å². The second-order valence-electron chi connectivity index (χ2n) is 4.50. The first kappa shape index (κ1) is 9.77. The fourth-order valence-electron chi connectivity index (χ4n) is 2.27. The SMILES string of the molecule is CCC1(C)CC2(CCO1)CNC(=O)O2. The van der Waals surface area contributed by atoms with E-state index in [4.69, 9.17) is 9.47 Å². The highest BCUT2D eigenvalue weighted by molar-refractivity contribution is 5.70. The lowest BCUT2D eigenvalue weighted by molar-refractivity contribution is -0.140. The predicted octanol–water partition coefficient (Wildman–Crippen LogP) is 1.44. The molecule has 14 heavy (non-hydrogen) atoms. The molecule has 0 bridgehead atoms. The van der Waals surface area contributed by atoms with Gasteiger partial charge in [0, 0.05) is 12.8 Å². The minimum absolute atomic E-state index is 0.134. The van der Waals surface area contributed by atoms with Crippen molar-refractivity contribution in [2.24, 2.45) is 0 Å². The zero-order chi connectivity index (χ0) is 10.2. The third kappa shape index (κ3) is 1.59. The van der Waals surface area contributed by atoms with Crippen LogP contribution in [0.2, 0.25) is 0 Å². The minimum Gasteiger partial charge on any atom is -0.441 e. The van der Waals surface area contributed by atoms with Gasteiger partial charge in [-0.05, 0) is 13.3 Å². The van der Waals surface area contributed by atoms with Gasteiger partial charge in [-0.2, -0.15) is 0 Å². The standard InChI is InChI=1S/C10H17NO3/c1-3-9(2)6-10(4-5-13-9)7-11-8(12)14-10/h3-7H2,1-2H3,(H,11,12). The van der Waals surface area contributed by atoms with Crippen LogP contribution in [-0.2, 0) is 9.47 Å². The van der Waals surface area contributed by atoms with E-state index in [1.54, 1.807) is 0 Å². The van der Waals surface area contributed by atoms with Gasteiger partial charge in [-0.25, -0.2) is 4.79 Å². The van der Waals surface area contributed by atoms with E-state index < -0.39 is 0 Å². The second-order valence-corrected chi connectivity index (χ2v) is 4.50. The van der Waals surface area contributed by atoms with Gasteiger partial charge in [0.15, 0.2) is 0 Å². The van der Waals surface area contributed by atoms with E-state index >= 15 is 0 Å². The summed E-state index contributed by atoms with van der Waals surface area (Å²) in [6, 6.07) is 0. The van der Waals surface area contributed by atoms with Gasteiger partial charge in [-0.15, -0.1) is 0 Å². The van der Waals surface area contributed by atoms with Gasteiger partial charge in [0.2, 0.25) is 0 Å². The summed E-state index contributed by atoms with van der Waals surface area (Å²) >= 11 is 0. The molecule has 0 aliphatic carbocycles. The van der Waals surface area contributed by atoms with Crippen LogP contribution in [0.25, 0.3) is 0 Å². The Morgan fingerprint density at radius 2 is 2.36 bits per heavy atom. The third-order valence-corrected chi connectivity index (χ3v) is 3.32. The van der Waals surface area contributed by atoms with Crippen molar-refractivity contribution in [2.45, 2.75) is 44.3 Å². The summed E-state index contributed by atoms with van der Waals surface area (Å²) in [4.78, 5) is 11.0. The van der Waals surface area contributed by atoms with Crippen LogP contribution in [-0.4, -0.2) is 30.4 Å². The molecule has 4 heteroatoms. The number of nitrogens with one attached hydrogen (secondary N) is 1. The molecule has 2 heterocycles. The van der Waals surface area contributed by atoms with E-state index in [0.717, 1.165) is 19.3 Å². The molecule has 0 aromatic carbocycles. The fraction of sp³-hybridized carbons (Fsp3) is 0.900. The Kier molecular flexibility index (Phi) is 2.18. The average Bonchev–Trinajstić information content (AvgIpc) is 2.47. The molecule has 0 saturated carbocycles. The van der Waals surface area contributed by atoms with E-state index in [2.05, 4.69) is 19.2 Å².